The first-order valence-corrected chi connectivity index (χ1v) is 7.22. The van der Waals surface area contributed by atoms with Crippen LogP contribution in [-0.2, 0) is 0 Å². The summed E-state index contributed by atoms with van der Waals surface area (Å²) in [5.41, 5.74) is 3.15. The van der Waals surface area contributed by atoms with E-state index in [2.05, 4.69) is 30.9 Å². The molecule has 0 radical (unpaired) electrons. The summed E-state index contributed by atoms with van der Waals surface area (Å²) in [6.07, 6.45) is 3.44. The summed E-state index contributed by atoms with van der Waals surface area (Å²) in [6.45, 7) is 1.94. The molecule has 3 aromatic rings. The maximum atomic E-state index is 12.2. The van der Waals surface area contributed by atoms with Crippen molar-refractivity contribution in [3.8, 4) is 22.6 Å². The molecule has 0 aliphatic carbocycles. The van der Waals surface area contributed by atoms with Crippen molar-refractivity contribution in [2.24, 2.45) is 0 Å². The third kappa shape index (κ3) is 2.64. The smallest absolute Gasteiger partial charge is 0.266 e. The molecule has 0 fully saturated rings. The second kappa shape index (κ2) is 5.61. The van der Waals surface area contributed by atoms with Gasteiger partial charge in [0, 0.05) is 23.5 Å². The fraction of sp³-hybridized carbons (Fsp3) is 0.0625. The number of aromatic nitrogens is 3. The summed E-state index contributed by atoms with van der Waals surface area (Å²) < 4.78 is 0.434. The first-order valence-electron chi connectivity index (χ1n) is 6.43. The van der Waals surface area contributed by atoms with E-state index in [1.54, 1.807) is 12.4 Å². The van der Waals surface area contributed by atoms with Gasteiger partial charge in [0.1, 0.15) is 10.3 Å². The van der Waals surface area contributed by atoms with E-state index in [0.29, 0.717) is 16.0 Å². The molecule has 2 aromatic heterocycles. The number of hydrogen-bond acceptors (Lipinski definition) is 3. The van der Waals surface area contributed by atoms with Gasteiger partial charge in [-0.05, 0) is 34.5 Å². The molecule has 5 heteroatoms. The van der Waals surface area contributed by atoms with Crippen molar-refractivity contribution < 1.29 is 0 Å². The summed E-state index contributed by atoms with van der Waals surface area (Å²) in [4.78, 5) is 23.6. The SMILES string of the molecule is Cc1cnccc1-c1nc(-c2ccccc2)c(Br)c(=O)[nH]1. The van der Waals surface area contributed by atoms with E-state index in [-0.39, 0.29) is 5.56 Å². The van der Waals surface area contributed by atoms with Crippen LogP contribution in [0.5, 0.6) is 0 Å². The molecule has 2 heterocycles. The van der Waals surface area contributed by atoms with Gasteiger partial charge < -0.3 is 4.98 Å². The molecule has 21 heavy (non-hydrogen) atoms. The molecule has 0 amide bonds. The van der Waals surface area contributed by atoms with E-state index in [4.69, 9.17) is 0 Å². The van der Waals surface area contributed by atoms with Gasteiger partial charge in [-0.25, -0.2) is 4.98 Å². The normalized spacial score (nSPS) is 10.6. The first kappa shape index (κ1) is 13.7. The first-order chi connectivity index (χ1) is 10.2. The zero-order valence-electron chi connectivity index (χ0n) is 11.3. The molecule has 3 rings (SSSR count). The second-order valence-corrected chi connectivity index (χ2v) is 5.43. The van der Waals surface area contributed by atoms with Gasteiger partial charge in [-0.2, -0.15) is 0 Å². The number of H-pyrrole nitrogens is 1. The van der Waals surface area contributed by atoms with E-state index in [1.807, 2.05) is 43.3 Å². The predicted octanol–water partition coefficient (Wildman–Crippen LogP) is 3.57. The molecule has 0 bridgehead atoms. The molecule has 0 atom stereocenters. The van der Waals surface area contributed by atoms with Gasteiger partial charge in [-0.1, -0.05) is 30.3 Å². The van der Waals surface area contributed by atoms with Crippen LogP contribution in [0.1, 0.15) is 5.56 Å². The van der Waals surface area contributed by atoms with Gasteiger partial charge in [-0.3, -0.25) is 9.78 Å². The summed E-state index contributed by atoms with van der Waals surface area (Å²) in [5.74, 6) is 0.543. The molecule has 0 aliphatic rings. The van der Waals surface area contributed by atoms with Crippen molar-refractivity contribution >= 4 is 15.9 Å². The molecule has 104 valence electrons. The minimum atomic E-state index is -0.199. The molecule has 1 aromatic carbocycles. The quantitative estimate of drug-likeness (QED) is 0.775. The van der Waals surface area contributed by atoms with Crippen molar-refractivity contribution in [1.29, 1.82) is 0 Å². The number of pyridine rings is 1. The topological polar surface area (TPSA) is 58.6 Å². The zero-order valence-corrected chi connectivity index (χ0v) is 12.9. The molecule has 1 N–H and O–H groups in total. The Morgan fingerprint density at radius 1 is 1.14 bits per heavy atom. The molecule has 0 spiro atoms. The van der Waals surface area contributed by atoms with Crippen molar-refractivity contribution in [2.45, 2.75) is 6.92 Å². The molecule has 0 aliphatic heterocycles. The Balaban J connectivity index is 2.24. The Hall–Kier alpha value is -2.27. The lowest BCUT2D eigenvalue weighted by atomic mass is 10.1. The van der Waals surface area contributed by atoms with E-state index in [1.165, 1.54) is 0 Å². The molecule has 0 saturated carbocycles. The van der Waals surface area contributed by atoms with Gasteiger partial charge in [0.15, 0.2) is 0 Å². The Morgan fingerprint density at radius 3 is 2.62 bits per heavy atom. The monoisotopic (exact) mass is 341 g/mol. The lowest BCUT2D eigenvalue weighted by molar-refractivity contribution is 1.10. The maximum Gasteiger partial charge on any atom is 0.266 e. The Labute approximate surface area is 130 Å². The van der Waals surface area contributed by atoms with E-state index in [0.717, 1.165) is 16.7 Å². The van der Waals surface area contributed by atoms with Crippen LogP contribution in [0.4, 0.5) is 0 Å². The second-order valence-electron chi connectivity index (χ2n) is 4.63. The Bertz CT molecular complexity index is 844. The number of benzene rings is 1. The number of aryl methyl sites for hydroxylation is 1. The number of hydrogen-bond donors (Lipinski definition) is 1. The number of nitrogens with zero attached hydrogens (tertiary/aromatic N) is 2. The minimum absolute atomic E-state index is 0.199. The van der Waals surface area contributed by atoms with E-state index in [9.17, 15) is 4.79 Å². The van der Waals surface area contributed by atoms with Gasteiger partial charge in [0.25, 0.3) is 5.56 Å². The lowest BCUT2D eigenvalue weighted by Crippen LogP contribution is -2.12. The van der Waals surface area contributed by atoms with E-state index < -0.39 is 0 Å². The lowest BCUT2D eigenvalue weighted by Gasteiger charge is -2.08. The zero-order chi connectivity index (χ0) is 14.8. The van der Waals surface area contributed by atoms with Gasteiger partial charge in [-0.15, -0.1) is 0 Å². The number of aromatic amines is 1. The molecule has 4 nitrogen and oxygen atoms in total. The number of halogens is 1. The summed E-state index contributed by atoms with van der Waals surface area (Å²) >= 11 is 3.32. The van der Waals surface area contributed by atoms with Gasteiger partial charge in [0.05, 0.1) is 5.69 Å². The molecular formula is C16H12BrN3O. The molecule has 0 saturated heterocycles. The van der Waals surface area contributed by atoms with Crippen LogP contribution < -0.4 is 5.56 Å². The van der Waals surface area contributed by atoms with Crippen LogP contribution in [-0.4, -0.2) is 15.0 Å². The standard InChI is InChI=1S/C16H12BrN3O/c1-10-9-18-8-7-12(10)15-19-14(13(17)16(21)20-15)11-5-3-2-4-6-11/h2-9H,1H3,(H,19,20,21). The highest BCUT2D eigenvalue weighted by Crippen LogP contribution is 2.26. The fourth-order valence-corrected chi connectivity index (χ4v) is 2.53. The number of rotatable bonds is 2. The average Bonchev–Trinajstić information content (AvgIpc) is 2.51. The summed E-state index contributed by atoms with van der Waals surface area (Å²) in [5, 5.41) is 0. The molecule has 0 unspecified atom stereocenters. The fourth-order valence-electron chi connectivity index (χ4n) is 2.11. The van der Waals surface area contributed by atoms with Crippen LogP contribution in [0.2, 0.25) is 0 Å². The Morgan fingerprint density at radius 2 is 1.90 bits per heavy atom. The van der Waals surface area contributed by atoms with Crippen LogP contribution in [0.25, 0.3) is 22.6 Å². The average molecular weight is 342 g/mol. The third-order valence-electron chi connectivity index (χ3n) is 3.19. The van der Waals surface area contributed by atoms with Crippen molar-refractivity contribution in [1.82, 2.24) is 15.0 Å². The largest absolute Gasteiger partial charge is 0.306 e. The van der Waals surface area contributed by atoms with Crippen LogP contribution >= 0.6 is 15.9 Å². The Kier molecular flexibility index (Phi) is 3.66. The van der Waals surface area contributed by atoms with Crippen molar-refractivity contribution in [3.63, 3.8) is 0 Å². The van der Waals surface area contributed by atoms with Crippen LogP contribution in [0, 0.1) is 6.92 Å². The highest BCUT2D eigenvalue weighted by Gasteiger charge is 2.13. The van der Waals surface area contributed by atoms with Crippen LogP contribution in [0.3, 0.4) is 0 Å². The highest BCUT2D eigenvalue weighted by molar-refractivity contribution is 9.10. The van der Waals surface area contributed by atoms with Crippen molar-refractivity contribution in [3.05, 3.63) is 69.2 Å². The summed E-state index contributed by atoms with van der Waals surface area (Å²) in [6, 6.07) is 11.5. The third-order valence-corrected chi connectivity index (χ3v) is 3.92. The van der Waals surface area contributed by atoms with Crippen molar-refractivity contribution in [2.75, 3.05) is 0 Å². The number of nitrogens with one attached hydrogen (secondary N) is 1. The summed E-state index contributed by atoms with van der Waals surface area (Å²) in [7, 11) is 0. The minimum Gasteiger partial charge on any atom is -0.306 e. The van der Waals surface area contributed by atoms with E-state index >= 15 is 0 Å². The predicted molar refractivity (Wildman–Crippen MR) is 86.0 cm³/mol. The van der Waals surface area contributed by atoms with Crippen LogP contribution in [0.15, 0.2) is 58.1 Å². The van der Waals surface area contributed by atoms with Gasteiger partial charge >= 0.3 is 0 Å². The van der Waals surface area contributed by atoms with Gasteiger partial charge in [0.2, 0.25) is 0 Å². The maximum absolute atomic E-state index is 12.2. The molecular weight excluding hydrogens is 330 g/mol. The highest BCUT2D eigenvalue weighted by atomic mass is 79.9.